The summed E-state index contributed by atoms with van der Waals surface area (Å²) in [6.07, 6.45) is -0.901. The summed E-state index contributed by atoms with van der Waals surface area (Å²) in [5, 5.41) is 3.75. The maximum Gasteiger partial charge on any atom is 0.284 e. The lowest BCUT2D eigenvalue weighted by Gasteiger charge is -2.24. The van der Waals surface area contributed by atoms with Gasteiger partial charge in [0.05, 0.1) is 11.3 Å². The van der Waals surface area contributed by atoms with Gasteiger partial charge < -0.3 is 9.47 Å². The summed E-state index contributed by atoms with van der Waals surface area (Å²) in [4.78, 5) is 12.1. The second-order valence-electron chi connectivity index (χ2n) is 5.13. The van der Waals surface area contributed by atoms with E-state index in [0.717, 1.165) is 12.1 Å². The molecule has 0 fully saturated rings. The second-order valence-corrected chi connectivity index (χ2v) is 5.13. The summed E-state index contributed by atoms with van der Waals surface area (Å²) < 4.78 is 38.3. The largest absolute Gasteiger partial charge is 0.485 e. The number of amides is 1. The molecular formula is C17H14F2N2O3. The van der Waals surface area contributed by atoms with Crippen LogP contribution in [0.25, 0.3) is 0 Å². The van der Waals surface area contributed by atoms with Gasteiger partial charge in [0, 0.05) is 0 Å². The minimum atomic E-state index is -0.901. The predicted molar refractivity (Wildman–Crippen MR) is 83.1 cm³/mol. The first-order valence-corrected chi connectivity index (χ1v) is 7.23. The van der Waals surface area contributed by atoms with E-state index in [2.05, 4.69) is 10.5 Å². The van der Waals surface area contributed by atoms with Crippen LogP contribution in [0.4, 0.5) is 8.78 Å². The summed E-state index contributed by atoms with van der Waals surface area (Å²) in [5.41, 5.74) is 1.97. The smallest absolute Gasteiger partial charge is 0.284 e. The minimum absolute atomic E-state index is 0.0103. The van der Waals surface area contributed by atoms with Gasteiger partial charge in [0.15, 0.2) is 11.5 Å². The van der Waals surface area contributed by atoms with E-state index in [-0.39, 0.29) is 17.9 Å². The number of para-hydroxylation sites is 2. The zero-order valence-corrected chi connectivity index (χ0v) is 12.8. The molecule has 0 aromatic heterocycles. The van der Waals surface area contributed by atoms with E-state index in [1.165, 1.54) is 13.0 Å². The topological polar surface area (TPSA) is 59.9 Å². The van der Waals surface area contributed by atoms with Crippen molar-refractivity contribution in [1.82, 2.24) is 5.43 Å². The van der Waals surface area contributed by atoms with Crippen molar-refractivity contribution >= 4 is 11.6 Å². The molecule has 0 saturated heterocycles. The Hall–Kier alpha value is -2.96. The number of hydrogen-bond acceptors (Lipinski definition) is 4. The van der Waals surface area contributed by atoms with Gasteiger partial charge in [-0.15, -0.1) is 0 Å². The Labute approximate surface area is 136 Å². The molecule has 1 aliphatic rings. The van der Waals surface area contributed by atoms with Gasteiger partial charge in [-0.25, -0.2) is 14.2 Å². The van der Waals surface area contributed by atoms with Crippen LogP contribution in [0.1, 0.15) is 12.5 Å². The van der Waals surface area contributed by atoms with Crippen LogP contribution in [0.5, 0.6) is 11.5 Å². The maximum atomic E-state index is 13.7. The first-order chi connectivity index (χ1) is 11.6. The van der Waals surface area contributed by atoms with Gasteiger partial charge in [-0.2, -0.15) is 5.10 Å². The number of fused-ring (bicyclic) bond motifs is 1. The molecule has 0 bridgehead atoms. The average Bonchev–Trinajstić information content (AvgIpc) is 2.59. The Morgan fingerprint density at radius 2 is 1.79 bits per heavy atom. The predicted octanol–water partition coefficient (Wildman–Crippen LogP) is 2.65. The number of carbonyl (C=O) groups excluding carboxylic acids is 1. The number of hydrazone groups is 1. The number of carbonyl (C=O) groups is 1. The lowest BCUT2D eigenvalue weighted by Crippen LogP contribution is -2.42. The molecule has 7 heteroatoms. The van der Waals surface area contributed by atoms with E-state index in [0.29, 0.717) is 11.5 Å². The molecule has 24 heavy (non-hydrogen) atoms. The molecule has 5 nitrogen and oxygen atoms in total. The molecular weight excluding hydrogens is 318 g/mol. The summed E-state index contributed by atoms with van der Waals surface area (Å²) in [7, 11) is 0. The van der Waals surface area contributed by atoms with Crippen LogP contribution in [0.2, 0.25) is 0 Å². The highest BCUT2D eigenvalue weighted by atomic mass is 19.1. The normalized spacial score (nSPS) is 16.6. The fourth-order valence-electron chi connectivity index (χ4n) is 2.26. The third-order valence-corrected chi connectivity index (χ3v) is 3.46. The van der Waals surface area contributed by atoms with Gasteiger partial charge in [0.2, 0.25) is 6.10 Å². The lowest BCUT2D eigenvalue weighted by molar-refractivity contribution is -0.130. The second kappa shape index (κ2) is 6.66. The number of nitrogens with zero attached hydrogens (tertiary/aromatic N) is 1. The Morgan fingerprint density at radius 1 is 1.12 bits per heavy atom. The molecule has 2 aromatic carbocycles. The van der Waals surface area contributed by atoms with Crippen molar-refractivity contribution < 1.29 is 23.0 Å². The van der Waals surface area contributed by atoms with Gasteiger partial charge in [-0.1, -0.05) is 18.2 Å². The van der Waals surface area contributed by atoms with Crippen LogP contribution in [-0.2, 0) is 4.79 Å². The van der Waals surface area contributed by atoms with E-state index >= 15 is 0 Å². The van der Waals surface area contributed by atoms with Crippen LogP contribution < -0.4 is 14.9 Å². The zero-order chi connectivity index (χ0) is 17.1. The van der Waals surface area contributed by atoms with Crippen molar-refractivity contribution in [3.63, 3.8) is 0 Å². The lowest BCUT2D eigenvalue weighted by atomic mass is 10.1. The van der Waals surface area contributed by atoms with E-state index in [1.54, 1.807) is 24.3 Å². The first-order valence-electron chi connectivity index (χ1n) is 7.23. The molecule has 0 unspecified atom stereocenters. The van der Waals surface area contributed by atoms with E-state index in [4.69, 9.17) is 9.47 Å². The molecule has 0 saturated carbocycles. The number of halogens is 2. The van der Waals surface area contributed by atoms with Crippen molar-refractivity contribution in [3.8, 4) is 11.5 Å². The molecule has 1 amide bonds. The van der Waals surface area contributed by atoms with Crippen molar-refractivity contribution in [2.24, 2.45) is 5.10 Å². The monoisotopic (exact) mass is 332 g/mol. The zero-order valence-electron chi connectivity index (χ0n) is 12.8. The first kappa shape index (κ1) is 15.9. The quantitative estimate of drug-likeness (QED) is 0.694. The van der Waals surface area contributed by atoms with E-state index < -0.39 is 23.6 Å². The maximum absolute atomic E-state index is 13.7. The fraction of sp³-hybridized carbons (Fsp3) is 0.176. The van der Waals surface area contributed by atoms with Crippen LogP contribution in [0.3, 0.4) is 0 Å². The standard InChI is InChI=1S/C17H14F2N2O3/c1-10(16-11(18)5-4-6-12(16)19)20-21-17(22)15-9-23-13-7-2-3-8-14(13)24-15/h2-8,15H,9H2,1H3,(H,21,22)/b20-10-/t15-/m0/s1. The minimum Gasteiger partial charge on any atom is -0.485 e. The summed E-state index contributed by atoms with van der Waals surface area (Å²) in [6.45, 7) is 1.42. The molecule has 0 aliphatic carbocycles. The molecule has 1 heterocycles. The molecule has 1 N–H and O–H groups in total. The third-order valence-electron chi connectivity index (χ3n) is 3.46. The van der Waals surface area contributed by atoms with Crippen molar-refractivity contribution in [2.45, 2.75) is 13.0 Å². The van der Waals surface area contributed by atoms with Gasteiger partial charge in [-0.3, -0.25) is 4.79 Å². The summed E-state index contributed by atoms with van der Waals surface area (Å²) >= 11 is 0. The number of benzene rings is 2. The third kappa shape index (κ3) is 3.19. The van der Waals surface area contributed by atoms with Gasteiger partial charge >= 0.3 is 0 Å². The van der Waals surface area contributed by atoms with Crippen LogP contribution >= 0.6 is 0 Å². The van der Waals surface area contributed by atoms with Gasteiger partial charge in [-0.05, 0) is 31.2 Å². The summed E-state index contributed by atoms with van der Waals surface area (Å²) in [5.74, 6) is -1.08. The number of rotatable bonds is 3. The fourth-order valence-corrected chi connectivity index (χ4v) is 2.26. The highest BCUT2D eigenvalue weighted by Crippen LogP contribution is 2.30. The van der Waals surface area contributed by atoms with Crippen molar-refractivity contribution in [1.29, 1.82) is 0 Å². The molecule has 0 radical (unpaired) electrons. The van der Waals surface area contributed by atoms with Crippen molar-refractivity contribution in [3.05, 3.63) is 59.7 Å². The van der Waals surface area contributed by atoms with E-state index in [9.17, 15) is 13.6 Å². The molecule has 1 atom stereocenters. The Bertz CT molecular complexity index is 788. The van der Waals surface area contributed by atoms with Crippen LogP contribution in [0.15, 0.2) is 47.6 Å². The average molecular weight is 332 g/mol. The number of nitrogens with one attached hydrogen (secondary N) is 1. The molecule has 3 rings (SSSR count). The van der Waals surface area contributed by atoms with Crippen LogP contribution in [-0.4, -0.2) is 24.3 Å². The number of ether oxygens (including phenoxy) is 2. The van der Waals surface area contributed by atoms with Crippen LogP contribution in [0, 0.1) is 11.6 Å². The molecule has 2 aromatic rings. The highest BCUT2D eigenvalue weighted by Gasteiger charge is 2.27. The number of hydrogen-bond donors (Lipinski definition) is 1. The molecule has 0 spiro atoms. The Balaban J connectivity index is 1.70. The van der Waals surface area contributed by atoms with Gasteiger partial charge in [0.25, 0.3) is 5.91 Å². The highest BCUT2D eigenvalue weighted by molar-refractivity contribution is 5.99. The summed E-state index contributed by atoms with van der Waals surface area (Å²) in [6, 6.07) is 10.4. The van der Waals surface area contributed by atoms with E-state index in [1.807, 2.05) is 0 Å². The SMILES string of the molecule is C/C(=N/NC(=O)[C@@H]1COc2ccccc2O1)c1c(F)cccc1F. The molecule has 1 aliphatic heterocycles. The van der Waals surface area contributed by atoms with Crippen molar-refractivity contribution in [2.75, 3.05) is 6.61 Å². The Morgan fingerprint density at radius 3 is 2.50 bits per heavy atom. The van der Waals surface area contributed by atoms with Gasteiger partial charge in [0.1, 0.15) is 18.2 Å². The Kier molecular flexibility index (Phi) is 4.41. The molecule has 124 valence electrons.